The molecular weight excluding hydrogens is 268 g/mol. The first-order chi connectivity index (χ1) is 10.3. The van der Waals surface area contributed by atoms with Gasteiger partial charge >= 0.3 is 0 Å². The molecule has 2 aromatic rings. The second-order valence-electron chi connectivity index (χ2n) is 5.57. The van der Waals surface area contributed by atoms with Gasteiger partial charge in [-0.25, -0.2) is 0 Å². The summed E-state index contributed by atoms with van der Waals surface area (Å²) in [5, 5.41) is 17.7. The average Bonchev–Trinajstić information content (AvgIpc) is 3.08. The highest BCUT2D eigenvalue weighted by molar-refractivity contribution is 5.22. The smallest absolute Gasteiger partial charge is 0.102 e. The number of fused-ring (bicyclic) bond motifs is 1. The molecule has 0 bridgehead atoms. The van der Waals surface area contributed by atoms with Gasteiger partial charge in [-0.1, -0.05) is 0 Å². The van der Waals surface area contributed by atoms with E-state index in [1.165, 1.54) is 5.69 Å². The molecule has 4 heterocycles. The molecule has 108 valence electrons. The van der Waals surface area contributed by atoms with Gasteiger partial charge in [-0.3, -0.25) is 14.3 Å². The number of hydrogen-bond donors (Lipinski definition) is 0. The van der Waals surface area contributed by atoms with E-state index >= 15 is 0 Å². The maximum Gasteiger partial charge on any atom is 0.102 e. The van der Waals surface area contributed by atoms with Crippen LogP contribution in [0.15, 0.2) is 18.5 Å². The molecule has 0 N–H and O–H groups in total. The van der Waals surface area contributed by atoms with Crippen LogP contribution in [0.25, 0.3) is 0 Å². The fourth-order valence-corrected chi connectivity index (χ4v) is 2.89. The molecule has 2 aliphatic rings. The van der Waals surface area contributed by atoms with Crippen LogP contribution in [0.4, 0.5) is 0 Å². The molecule has 0 spiro atoms. The fraction of sp³-hybridized carbons (Fsp3) is 0.500. The molecule has 21 heavy (non-hydrogen) atoms. The topological polar surface area (TPSA) is 71.9 Å². The van der Waals surface area contributed by atoms with E-state index in [2.05, 4.69) is 27.2 Å². The van der Waals surface area contributed by atoms with Crippen molar-refractivity contribution in [2.75, 3.05) is 19.7 Å². The largest absolute Gasteiger partial charge is 0.373 e. The normalized spacial score (nSPS) is 19.0. The van der Waals surface area contributed by atoms with Crippen LogP contribution in [0.3, 0.4) is 0 Å². The Morgan fingerprint density at radius 3 is 3.10 bits per heavy atom. The first-order valence-corrected chi connectivity index (χ1v) is 7.12. The predicted molar refractivity (Wildman–Crippen MR) is 73.1 cm³/mol. The van der Waals surface area contributed by atoms with Gasteiger partial charge in [0.05, 0.1) is 48.9 Å². The van der Waals surface area contributed by atoms with Crippen molar-refractivity contribution in [2.24, 2.45) is 0 Å². The summed E-state index contributed by atoms with van der Waals surface area (Å²) >= 11 is 0. The molecule has 0 unspecified atom stereocenters. The quantitative estimate of drug-likeness (QED) is 0.822. The number of aromatic nitrogens is 4. The zero-order valence-electron chi connectivity index (χ0n) is 11.6. The minimum Gasteiger partial charge on any atom is -0.373 e. The fourth-order valence-electron chi connectivity index (χ4n) is 2.89. The van der Waals surface area contributed by atoms with Crippen LogP contribution in [0.5, 0.6) is 0 Å². The van der Waals surface area contributed by atoms with E-state index in [9.17, 15) is 0 Å². The minimum absolute atomic E-state index is 0.368. The van der Waals surface area contributed by atoms with Crippen LogP contribution in [-0.2, 0) is 24.4 Å². The molecule has 2 aliphatic heterocycles. The Morgan fingerprint density at radius 2 is 2.33 bits per heavy atom. The summed E-state index contributed by atoms with van der Waals surface area (Å²) in [5.74, 6) is 0. The first-order valence-electron chi connectivity index (χ1n) is 7.12. The molecule has 0 atom stereocenters. The van der Waals surface area contributed by atoms with E-state index in [1.807, 2.05) is 15.6 Å². The Labute approximate surface area is 122 Å². The van der Waals surface area contributed by atoms with Gasteiger partial charge in [-0.05, 0) is 6.07 Å². The summed E-state index contributed by atoms with van der Waals surface area (Å²) < 4.78 is 9.36. The number of hydrogen-bond acceptors (Lipinski definition) is 5. The van der Waals surface area contributed by atoms with E-state index in [0.717, 1.165) is 38.5 Å². The molecule has 1 saturated heterocycles. The van der Waals surface area contributed by atoms with E-state index in [-0.39, 0.29) is 0 Å². The average molecular weight is 284 g/mol. The summed E-state index contributed by atoms with van der Waals surface area (Å²) in [5.41, 5.74) is 2.89. The number of nitriles is 1. The van der Waals surface area contributed by atoms with Gasteiger partial charge in [0.2, 0.25) is 0 Å². The van der Waals surface area contributed by atoms with Gasteiger partial charge in [0.1, 0.15) is 6.07 Å². The van der Waals surface area contributed by atoms with Crippen molar-refractivity contribution in [1.82, 2.24) is 24.5 Å². The Hall–Kier alpha value is -2.17. The van der Waals surface area contributed by atoms with Gasteiger partial charge in [0, 0.05) is 25.8 Å². The maximum atomic E-state index is 8.82. The molecule has 7 heteroatoms. The third-order valence-corrected chi connectivity index (χ3v) is 4.04. The minimum atomic E-state index is 0.368. The second-order valence-corrected chi connectivity index (χ2v) is 5.57. The highest BCUT2D eigenvalue weighted by Gasteiger charge is 2.29. The van der Waals surface area contributed by atoms with Gasteiger partial charge < -0.3 is 4.74 Å². The maximum absolute atomic E-state index is 8.82. The lowest BCUT2D eigenvalue weighted by atomic mass is 10.1. The Balaban J connectivity index is 1.36. The van der Waals surface area contributed by atoms with E-state index < -0.39 is 0 Å². The number of likely N-dealkylation sites (tertiary alicyclic amines) is 1. The van der Waals surface area contributed by atoms with Crippen LogP contribution in [0, 0.1) is 11.3 Å². The van der Waals surface area contributed by atoms with Crippen molar-refractivity contribution in [3.05, 3.63) is 35.4 Å². The SMILES string of the molecule is N#Cc1cnn(C2CN(Cc3cc4n(n3)CCOC4)C2)c1. The molecule has 4 rings (SSSR count). The molecular formula is C14H16N6O. The summed E-state index contributed by atoms with van der Waals surface area (Å²) in [6, 6.07) is 4.61. The van der Waals surface area contributed by atoms with Crippen molar-refractivity contribution >= 4 is 0 Å². The number of ether oxygens (including phenoxy) is 1. The van der Waals surface area contributed by atoms with E-state index in [1.54, 1.807) is 6.20 Å². The van der Waals surface area contributed by atoms with Crippen LogP contribution >= 0.6 is 0 Å². The molecule has 2 aromatic heterocycles. The van der Waals surface area contributed by atoms with Gasteiger partial charge in [0.15, 0.2) is 0 Å². The molecule has 0 radical (unpaired) electrons. The molecule has 0 aliphatic carbocycles. The van der Waals surface area contributed by atoms with Crippen LogP contribution in [0.2, 0.25) is 0 Å². The zero-order valence-corrected chi connectivity index (χ0v) is 11.6. The van der Waals surface area contributed by atoms with Crippen molar-refractivity contribution in [1.29, 1.82) is 5.26 Å². The summed E-state index contributed by atoms with van der Waals surface area (Å²) in [6.45, 7) is 5.03. The van der Waals surface area contributed by atoms with Gasteiger partial charge in [0.25, 0.3) is 0 Å². The van der Waals surface area contributed by atoms with Gasteiger partial charge in [-0.2, -0.15) is 15.5 Å². The summed E-state index contributed by atoms with van der Waals surface area (Å²) in [4.78, 5) is 2.34. The Bertz CT molecular complexity index is 667. The zero-order chi connectivity index (χ0) is 14.2. The molecule has 0 aromatic carbocycles. The van der Waals surface area contributed by atoms with Crippen molar-refractivity contribution in [2.45, 2.75) is 25.7 Å². The second kappa shape index (κ2) is 4.98. The third kappa shape index (κ3) is 2.33. The molecule has 7 nitrogen and oxygen atoms in total. The number of nitrogens with zero attached hydrogens (tertiary/aromatic N) is 6. The standard InChI is InChI=1S/C14H16N6O/c15-4-11-5-16-20(6-11)14-8-18(9-14)7-12-3-13-10-21-2-1-19(13)17-12/h3,5-6,14H,1-2,7-10H2. The molecule has 1 fully saturated rings. The van der Waals surface area contributed by atoms with E-state index in [0.29, 0.717) is 18.2 Å². The highest BCUT2D eigenvalue weighted by atomic mass is 16.5. The monoisotopic (exact) mass is 284 g/mol. The number of rotatable bonds is 3. The van der Waals surface area contributed by atoms with E-state index in [4.69, 9.17) is 10.00 Å². The van der Waals surface area contributed by atoms with Crippen molar-refractivity contribution in [3.8, 4) is 6.07 Å². The molecule has 0 saturated carbocycles. The lowest BCUT2D eigenvalue weighted by Gasteiger charge is -2.38. The van der Waals surface area contributed by atoms with Gasteiger partial charge in [-0.15, -0.1) is 0 Å². The highest BCUT2D eigenvalue weighted by Crippen LogP contribution is 2.23. The Morgan fingerprint density at radius 1 is 1.43 bits per heavy atom. The van der Waals surface area contributed by atoms with Crippen LogP contribution in [0.1, 0.15) is 23.0 Å². The predicted octanol–water partition coefficient (Wildman–Crippen LogP) is 0.538. The summed E-state index contributed by atoms with van der Waals surface area (Å²) in [7, 11) is 0. The lowest BCUT2D eigenvalue weighted by Crippen LogP contribution is -2.47. The van der Waals surface area contributed by atoms with Crippen molar-refractivity contribution < 1.29 is 4.74 Å². The third-order valence-electron chi connectivity index (χ3n) is 4.04. The van der Waals surface area contributed by atoms with Crippen LogP contribution < -0.4 is 0 Å². The van der Waals surface area contributed by atoms with Crippen molar-refractivity contribution in [3.63, 3.8) is 0 Å². The lowest BCUT2D eigenvalue weighted by molar-refractivity contribution is 0.0790. The van der Waals surface area contributed by atoms with Crippen LogP contribution in [-0.4, -0.2) is 44.2 Å². The Kier molecular flexibility index (Phi) is 2.98. The molecule has 0 amide bonds. The first kappa shape index (κ1) is 12.6. The summed E-state index contributed by atoms with van der Waals surface area (Å²) in [6.07, 6.45) is 3.43.